The molecule has 0 amide bonds. The van der Waals surface area contributed by atoms with E-state index in [9.17, 15) is 14.4 Å². The molecule has 0 saturated carbocycles. The molecule has 5 aromatic rings. The molecular formula is C39H39N3O5S. The molecule has 6 rings (SSSR count). The van der Waals surface area contributed by atoms with Crippen LogP contribution in [-0.4, -0.2) is 58.9 Å². The predicted molar refractivity (Wildman–Crippen MR) is 193 cm³/mol. The predicted octanol–water partition coefficient (Wildman–Crippen LogP) is 7.94. The number of ketones is 2. The number of nitrogens with zero attached hydrogens (tertiary/aromatic N) is 3. The quantitative estimate of drug-likeness (QED) is 0.0467. The van der Waals surface area contributed by atoms with E-state index in [0.29, 0.717) is 42.1 Å². The van der Waals surface area contributed by atoms with Gasteiger partial charge >= 0.3 is 5.97 Å². The molecule has 0 N–H and O–H groups in total. The number of carbonyl (C=O) groups is 3. The number of rotatable bonds is 11. The van der Waals surface area contributed by atoms with Gasteiger partial charge in [0.1, 0.15) is 5.71 Å². The molecule has 9 heteroatoms. The highest BCUT2D eigenvalue weighted by Gasteiger charge is 2.26. The SMILES string of the molecule is CCn1c2ccc(C(=O)/C(CCSc3ccccc3)=N/OC(C)=O)cc2c2cc(C(=O)c3ccc(N4C(C)COCC4C)cc3)ccc21. The molecule has 4 aromatic carbocycles. The van der Waals surface area contributed by atoms with Crippen molar-refractivity contribution in [3.8, 4) is 0 Å². The highest BCUT2D eigenvalue weighted by Crippen LogP contribution is 2.32. The number of anilines is 1. The first-order chi connectivity index (χ1) is 23.2. The van der Waals surface area contributed by atoms with Gasteiger partial charge in [0, 0.05) is 86.8 Å². The van der Waals surface area contributed by atoms with Crippen molar-refractivity contribution < 1.29 is 24.0 Å². The van der Waals surface area contributed by atoms with Gasteiger partial charge in [0.05, 0.1) is 13.2 Å². The minimum Gasteiger partial charge on any atom is -0.377 e. The first-order valence-electron chi connectivity index (χ1n) is 16.3. The molecule has 8 nitrogen and oxygen atoms in total. The van der Waals surface area contributed by atoms with Crippen LogP contribution in [0.15, 0.2) is 101 Å². The molecule has 0 aliphatic carbocycles. The van der Waals surface area contributed by atoms with Crippen LogP contribution in [0.4, 0.5) is 5.69 Å². The Hall–Kier alpha value is -4.73. The first kappa shape index (κ1) is 33.2. The molecule has 0 radical (unpaired) electrons. The second kappa shape index (κ2) is 14.6. The summed E-state index contributed by atoms with van der Waals surface area (Å²) in [5.74, 6) is -0.373. The summed E-state index contributed by atoms with van der Waals surface area (Å²) >= 11 is 1.60. The fraction of sp³-hybridized carbons (Fsp3) is 0.282. The molecule has 2 heterocycles. The van der Waals surface area contributed by atoms with Crippen molar-refractivity contribution in [2.45, 2.75) is 57.6 Å². The van der Waals surface area contributed by atoms with Crippen LogP contribution in [-0.2, 0) is 20.9 Å². The van der Waals surface area contributed by atoms with E-state index in [1.54, 1.807) is 17.8 Å². The Morgan fingerprint density at radius 2 is 1.44 bits per heavy atom. The van der Waals surface area contributed by atoms with Gasteiger partial charge in [-0.3, -0.25) is 9.59 Å². The largest absolute Gasteiger partial charge is 0.377 e. The number of fused-ring (bicyclic) bond motifs is 3. The fourth-order valence-electron chi connectivity index (χ4n) is 6.46. The number of hydrogen-bond donors (Lipinski definition) is 0. The van der Waals surface area contributed by atoms with Crippen molar-refractivity contribution in [2.24, 2.45) is 5.16 Å². The average Bonchev–Trinajstić information content (AvgIpc) is 3.42. The molecule has 48 heavy (non-hydrogen) atoms. The topological polar surface area (TPSA) is 90.2 Å². The Balaban J connectivity index is 1.30. The number of oxime groups is 1. The van der Waals surface area contributed by atoms with Gasteiger partial charge in [-0.25, -0.2) is 4.79 Å². The molecule has 0 spiro atoms. The van der Waals surface area contributed by atoms with E-state index >= 15 is 0 Å². The van der Waals surface area contributed by atoms with Gasteiger partial charge in [-0.1, -0.05) is 23.4 Å². The molecule has 2 unspecified atom stereocenters. The van der Waals surface area contributed by atoms with Crippen molar-refractivity contribution in [2.75, 3.05) is 23.9 Å². The lowest BCUT2D eigenvalue weighted by atomic mass is 9.99. The summed E-state index contributed by atoms with van der Waals surface area (Å²) in [6.07, 6.45) is 0.321. The van der Waals surface area contributed by atoms with Gasteiger partial charge < -0.3 is 19.0 Å². The van der Waals surface area contributed by atoms with Gasteiger partial charge in [-0.05, 0) is 93.6 Å². The van der Waals surface area contributed by atoms with E-state index in [0.717, 1.165) is 38.9 Å². The van der Waals surface area contributed by atoms with Crippen molar-refractivity contribution in [3.63, 3.8) is 0 Å². The lowest BCUT2D eigenvalue weighted by molar-refractivity contribution is -0.140. The summed E-state index contributed by atoms with van der Waals surface area (Å²) in [7, 11) is 0. The van der Waals surface area contributed by atoms with Crippen LogP contribution in [0, 0.1) is 0 Å². The number of ether oxygens (including phenoxy) is 1. The number of Topliss-reactive ketones (excluding diaryl/α,β-unsaturated/α-hetero) is 1. The van der Waals surface area contributed by atoms with Crippen molar-refractivity contribution in [3.05, 3.63) is 108 Å². The van der Waals surface area contributed by atoms with Gasteiger partial charge in [0.25, 0.3) is 0 Å². The Bertz CT molecular complexity index is 1990. The van der Waals surface area contributed by atoms with Crippen LogP contribution >= 0.6 is 11.8 Å². The summed E-state index contributed by atoms with van der Waals surface area (Å²) in [5, 5.41) is 5.71. The van der Waals surface area contributed by atoms with Gasteiger partial charge in [-0.2, -0.15) is 0 Å². The number of thioether (sulfide) groups is 1. The lowest BCUT2D eigenvalue weighted by Gasteiger charge is -2.40. The Kier molecular flexibility index (Phi) is 10.1. The minimum absolute atomic E-state index is 0.0668. The van der Waals surface area contributed by atoms with Crippen molar-refractivity contribution in [1.29, 1.82) is 0 Å². The monoisotopic (exact) mass is 661 g/mol. The van der Waals surface area contributed by atoms with Crippen molar-refractivity contribution in [1.82, 2.24) is 4.57 Å². The lowest BCUT2D eigenvalue weighted by Crippen LogP contribution is -2.49. The third-order valence-electron chi connectivity index (χ3n) is 8.70. The number of benzene rings is 4. The maximum Gasteiger partial charge on any atom is 0.331 e. The van der Waals surface area contributed by atoms with Crippen LogP contribution in [0.1, 0.15) is 60.4 Å². The Morgan fingerprint density at radius 3 is 2.06 bits per heavy atom. The molecule has 1 aliphatic rings. The van der Waals surface area contributed by atoms with Gasteiger partial charge in [0.15, 0.2) is 5.78 Å². The van der Waals surface area contributed by atoms with E-state index in [1.807, 2.05) is 84.9 Å². The highest BCUT2D eigenvalue weighted by atomic mass is 32.2. The van der Waals surface area contributed by atoms with E-state index < -0.39 is 5.97 Å². The summed E-state index contributed by atoms with van der Waals surface area (Å²) in [6.45, 7) is 9.70. The van der Waals surface area contributed by atoms with Crippen LogP contribution < -0.4 is 4.90 Å². The molecule has 1 aromatic heterocycles. The summed E-state index contributed by atoms with van der Waals surface area (Å²) in [6, 6.07) is 29.6. The smallest absolute Gasteiger partial charge is 0.331 e. The number of aromatic nitrogens is 1. The van der Waals surface area contributed by atoms with Gasteiger partial charge in [-0.15, -0.1) is 11.8 Å². The normalized spacial score (nSPS) is 16.8. The minimum atomic E-state index is -0.588. The maximum atomic E-state index is 13.8. The number of hydrogen-bond acceptors (Lipinski definition) is 8. The molecule has 1 aliphatic heterocycles. The van der Waals surface area contributed by atoms with E-state index in [4.69, 9.17) is 9.57 Å². The zero-order chi connectivity index (χ0) is 33.8. The molecule has 1 fully saturated rings. The summed E-state index contributed by atoms with van der Waals surface area (Å²) in [5.41, 5.74) is 4.81. The fourth-order valence-corrected chi connectivity index (χ4v) is 7.34. The van der Waals surface area contributed by atoms with Crippen LogP contribution in [0.25, 0.3) is 21.8 Å². The van der Waals surface area contributed by atoms with E-state index in [-0.39, 0.29) is 29.4 Å². The molecule has 2 atom stereocenters. The van der Waals surface area contributed by atoms with Crippen molar-refractivity contribution >= 4 is 62.5 Å². The van der Waals surface area contributed by atoms with Gasteiger partial charge in [0.2, 0.25) is 5.78 Å². The van der Waals surface area contributed by atoms with Crippen LogP contribution in [0.2, 0.25) is 0 Å². The second-order valence-corrected chi connectivity index (χ2v) is 13.3. The highest BCUT2D eigenvalue weighted by molar-refractivity contribution is 7.99. The second-order valence-electron chi connectivity index (χ2n) is 12.1. The molecule has 0 bridgehead atoms. The summed E-state index contributed by atoms with van der Waals surface area (Å²) < 4.78 is 7.86. The molecule has 1 saturated heterocycles. The standard InChI is InChI=1S/C39H39N3O5S/c1-5-41-36-17-13-29(38(44)28-11-15-31(16-12-28)42-25(2)23-46-24-26(42)3)21-33(36)34-22-30(14-18-37(34)41)39(45)35(40-47-27(4)43)19-20-48-32-9-7-6-8-10-32/h6-18,21-22,25-26H,5,19-20,23-24H2,1-4H3/b40-35+. The Morgan fingerprint density at radius 1 is 0.833 bits per heavy atom. The molecule has 246 valence electrons. The van der Waals surface area contributed by atoms with E-state index in [1.165, 1.54) is 6.92 Å². The Labute approximate surface area is 284 Å². The third-order valence-corrected chi connectivity index (χ3v) is 9.71. The average molecular weight is 662 g/mol. The summed E-state index contributed by atoms with van der Waals surface area (Å²) in [4.78, 5) is 47.5. The molecular weight excluding hydrogens is 623 g/mol. The maximum absolute atomic E-state index is 13.8. The first-order valence-corrected chi connectivity index (χ1v) is 17.3. The number of morpholine rings is 1. The zero-order valence-corrected chi connectivity index (χ0v) is 28.5. The number of carbonyl (C=O) groups excluding carboxylic acids is 3. The number of aryl methyl sites for hydroxylation is 1. The van der Waals surface area contributed by atoms with Crippen LogP contribution in [0.3, 0.4) is 0 Å². The van der Waals surface area contributed by atoms with Crippen LogP contribution in [0.5, 0.6) is 0 Å². The van der Waals surface area contributed by atoms with E-state index in [2.05, 4.69) is 35.4 Å². The zero-order valence-electron chi connectivity index (χ0n) is 27.6. The third kappa shape index (κ3) is 6.93.